The van der Waals surface area contributed by atoms with Crippen molar-refractivity contribution in [2.75, 3.05) is 26.2 Å². The van der Waals surface area contributed by atoms with Gasteiger partial charge in [-0.15, -0.1) is 0 Å². The molecule has 0 saturated carbocycles. The number of aryl methyl sites for hydroxylation is 1. The first-order valence-electron chi connectivity index (χ1n) is 7.75. The molecule has 0 spiro atoms. The third-order valence-electron chi connectivity index (χ3n) is 4.10. The summed E-state index contributed by atoms with van der Waals surface area (Å²) in [7, 11) is 0. The van der Waals surface area contributed by atoms with Crippen molar-refractivity contribution in [1.82, 2.24) is 20.2 Å². The molecule has 5 nitrogen and oxygen atoms in total. The van der Waals surface area contributed by atoms with Crippen molar-refractivity contribution >= 4 is 0 Å². The Morgan fingerprint density at radius 3 is 3.00 bits per heavy atom. The van der Waals surface area contributed by atoms with Crippen LogP contribution in [-0.2, 0) is 24.2 Å². The highest BCUT2D eigenvalue weighted by Gasteiger charge is 2.26. The molecule has 110 valence electrons. The second kappa shape index (κ2) is 6.16. The second-order valence-corrected chi connectivity index (χ2v) is 5.57. The lowest BCUT2D eigenvalue weighted by atomic mass is 10.1. The maximum absolute atomic E-state index is 5.91. The molecule has 2 aliphatic heterocycles. The Morgan fingerprint density at radius 1 is 1.30 bits per heavy atom. The lowest BCUT2D eigenvalue weighted by Gasteiger charge is -2.32. The maximum atomic E-state index is 5.91. The van der Waals surface area contributed by atoms with E-state index in [0.717, 1.165) is 51.6 Å². The molecular formula is C15H24N4O. The fourth-order valence-corrected chi connectivity index (χ4v) is 3.07. The van der Waals surface area contributed by atoms with Crippen molar-refractivity contribution in [2.24, 2.45) is 0 Å². The number of aromatic nitrogens is 2. The number of morpholine rings is 1. The Kier molecular flexibility index (Phi) is 4.29. The third-order valence-corrected chi connectivity index (χ3v) is 4.10. The SMILES string of the molecule is CCCN1CCOC(c2nc(CC)c3c(n2)CNC3)C1. The van der Waals surface area contributed by atoms with Gasteiger partial charge in [-0.2, -0.15) is 0 Å². The molecule has 0 radical (unpaired) electrons. The fraction of sp³-hybridized carbons (Fsp3) is 0.733. The van der Waals surface area contributed by atoms with E-state index in [9.17, 15) is 0 Å². The molecule has 1 N–H and O–H groups in total. The van der Waals surface area contributed by atoms with Gasteiger partial charge in [-0.1, -0.05) is 13.8 Å². The molecule has 0 aromatic carbocycles. The third kappa shape index (κ3) is 2.71. The molecule has 20 heavy (non-hydrogen) atoms. The summed E-state index contributed by atoms with van der Waals surface area (Å²) in [6, 6.07) is 0. The van der Waals surface area contributed by atoms with Gasteiger partial charge in [-0.25, -0.2) is 9.97 Å². The van der Waals surface area contributed by atoms with Crippen molar-refractivity contribution in [3.63, 3.8) is 0 Å². The van der Waals surface area contributed by atoms with Crippen LogP contribution in [0.4, 0.5) is 0 Å². The minimum atomic E-state index is 0.0338. The summed E-state index contributed by atoms with van der Waals surface area (Å²) >= 11 is 0. The van der Waals surface area contributed by atoms with Crippen LogP contribution in [0.5, 0.6) is 0 Å². The number of fused-ring (bicyclic) bond motifs is 1. The molecule has 1 aromatic rings. The maximum Gasteiger partial charge on any atom is 0.158 e. The smallest absolute Gasteiger partial charge is 0.158 e. The van der Waals surface area contributed by atoms with Crippen LogP contribution in [-0.4, -0.2) is 41.1 Å². The van der Waals surface area contributed by atoms with Crippen LogP contribution in [0.15, 0.2) is 0 Å². The monoisotopic (exact) mass is 276 g/mol. The van der Waals surface area contributed by atoms with Gasteiger partial charge in [0.25, 0.3) is 0 Å². The Labute approximate surface area is 120 Å². The van der Waals surface area contributed by atoms with E-state index in [2.05, 4.69) is 24.1 Å². The highest BCUT2D eigenvalue weighted by Crippen LogP contribution is 2.24. The predicted molar refractivity (Wildman–Crippen MR) is 77.4 cm³/mol. The zero-order chi connectivity index (χ0) is 13.9. The molecule has 3 heterocycles. The first kappa shape index (κ1) is 13.9. The Hall–Kier alpha value is -1.04. The van der Waals surface area contributed by atoms with Crippen molar-refractivity contribution in [1.29, 1.82) is 0 Å². The summed E-state index contributed by atoms with van der Waals surface area (Å²) in [5, 5.41) is 3.37. The topological polar surface area (TPSA) is 50.3 Å². The average Bonchev–Trinajstić information content (AvgIpc) is 2.95. The number of nitrogens with one attached hydrogen (secondary N) is 1. The molecule has 0 bridgehead atoms. The number of hydrogen-bond acceptors (Lipinski definition) is 5. The first-order valence-corrected chi connectivity index (χ1v) is 7.75. The Morgan fingerprint density at radius 2 is 2.20 bits per heavy atom. The molecule has 0 aliphatic carbocycles. The quantitative estimate of drug-likeness (QED) is 0.901. The molecule has 1 fully saturated rings. The summed E-state index contributed by atoms with van der Waals surface area (Å²) in [5.74, 6) is 0.880. The van der Waals surface area contributed by atoms with E-state index in [1.54, 1.807) is 0 Å². The summed E-state index contributed by atoms with van der Waals surface area (Å²) in [6.45, 7) is 10.0. The molecule has 5 heteroatoms. The standard InChI is InChI=1S/C15H24N4O/c1-3-5-19-6-7-20-14(10-19)15-17-12(4-2)11-8-16-9-13(11)18-15/h14,16H,3-10H2,1-2H3. The number of rotatable bonds is 4. The molecule has 2 aliphatic rings. The summed E-state index contributed by atoms with van der Waals surface area (Å²) < 4.78 is 5.91. The summed E-state index contributed by atoms with van der Waals surface area (Å²) in [6.07, 6.45) is 2.18. The first-order chi connectivity index (χ1) is 9.81. The summed E-state index contributed by atoms with van der Waals surface area (Å²) in [5.41, 5.74) is 3.66. The van der Waals surface area contributed by atoms with Crippen LogP contribution in [0.25, 0.3) is 0 Å². The minimum Gasteiger partial charge on any atom is -0.368 e. The molecule has 1 aromatic heterocycles. The zero-order valence-electron chi connectivity index (χ0n) is 12.5. The van der Waals surface area contributed by atoms with Gasteiger partial charge in [-0.3, -0.25) is 4.90 Å². The van der Waals surface area contributed by atoms with Crippen LogP contribution in [0.2, 0.25) is 0 Å². The Bertz CT molecular complexity index is 475. The van der Waals surface area contributed by atoms with Crippen molar-refractivity contribution < 1.29 is 4.74 Å². The van der Waals surface area contributed by atoms with Gasteiger partial charge in [0.2, 0.25) is 0 Å². The van der Waals surface area contributed by atoms with Gasteiger partial charge >= 0.3 is 0 Å². The van der Waals surface area contributed by atoms with E-state index < -0.39 is 0 Å². The van der Waals surface area contributed by atoms with Crippen molar-refractivity contribution in [3.8, 4) is 0 Å². The largest absolute Gasteiger partial charge is 0.368 e. The number of nitrogens with zero attached hydrogens (tertiary/aromatic N) is 3. The van der Waals surface area contributed by atoms with Gasteiger partial charge < -0.3 is 10.1 Å². The van der Waals surface area contributed by atoms with Crippen molar-refractivity contribution in [2.45, 2.75) is 45.9 Å². The molecule has 3 rings (SSSR count). The van der Waals surface area contributed by atoms with E-state index in [4.69, 9.17) is 14.7 Å². The van der Waals surface area contributed by atoms with E-state index in [-0.39, 0.29) is 6.10 Å². The van der Waals surface area contributed by atoms with Crippen LogP contribution in [0, 0.1) is 0 Å². The van der Waals surface area contributed by atoms with E-state index in [0.29, 0.717) is 0 Å². The van der Waals surface area contributed by atoms with Crippen LogP contribution in [0.3, 0.4) is 0 Å². The zero-order valence-corrected chi connectivity index (χ0v) is 12.5. The molecule has 1 saturated heterocycles. The molecular weight excluding hydrogens is 252 g/mol. The van der Waals surface area contributed by atoms with Crippen LogP contribution < -0.4 is 5.32 Å². The van der Waals surface area contributed by atoms with Gasteiger partial charge in [0.15, 0.2) is 5.82 Å². The molecule has 1 unspecified atom stereocenters. The van der Waals surface area contributed by atoms with E-state index >= 15 is 0 Å². The summed E-state index contributed by atoms with van der Waals surface area (Å²) in [4.78, 5) is 12.0. The van der Waals surface area contributed by atoms with Gasteiger partial charge in [-0.05, 0) is 19.4 Å². The van der Waals surface area contributed by atoms with Gasteiger partial charge in [0.1, 0.15) is 6.10 Å². The lowest BCUT2D eigenvalue weighted by Crippen LogP contribution is -2.39. The van der Waals surface area contributed by atoms with Crippen molar-refractivity contribution in [3.05, 3.63) is 22.8 Å². The van der Waals surface area contributed by atoms with Crippen LogP contribution >= 0.6 is 0 Å². The number of ether oxygens (including phenoxy) is 1. The van der Waals surface area contributed by atoms with Gasteiger partial charge in [0.05, 0.1) is 12.3 Å². The molecule has 0 amide bonds. The van der Waals surface area contributed by atoms with E-state index in [1.807, 2.05) is 0 Å². The highest BCUT2D eigenvalue weighted by atomic mass is 16.5. The second-order valence-electron chi connectivity index (χ2n) is 5.57. The Balaban J connectivity index is 1.83. The van der Waals surface area contributed by atoms with E-state index in [1.165, 1.54) is 23.4 Å². The van der Waals surface area contributed by atoms with Gasteiger partial charge in [0, 0.05) is 37.4 Å². The number of hydrogen-bond donors (Lipinski definition) is 1. The highest BCUT2D eigenvalue weighted by molar-refractivity contribution is 5.29. The normalized spacial score (nSPS) is 23.0. The minimum absolute atomic E-state index is 0.0338. The fourth-order valence-electron chi connectivity index (χ4n) is 3.07. The average molecular weight is 276 g/mol. The van der Waals surface area contributed by atoms with Crippen LogP contribution in [0.1, 0.15) is 49.1 Å². The predicted octanol–water partition coefficient (Wildman–Crippen LogP) is 1.43. The molecule has 1 atom stereocenters. The lowest BCUT2D eigenvalue weighted by molar-refractivity contribution is -0.0344.